The van der Waals surface area contributed by atoms with E-state index in [9.17, 15) is 19.5 Å². The number of carbonyl (C=O) groups is 3. The van der Waals surface area contributed by atoms with Gasteiger partial charge in [-0.3, -0.25) is 9.59 Å². The van der Waals surface area contributed by atoms with Crippen LogP contribution < -0.4 is 14.4 Å². The van der Waals surface area contributed by atoms with Crippen molar-refractivity contribution in [3.63, 3.8) is 0 Å². The van der Waals surface area contributed by atoms with Crippen LogP contribution in [0.5, 0.6) is 11.5 Å². The van der Waals surface area contributed by atoms with Gasteiger partial charge in [-0.05, 0) is 55.7 Å². The number of amides is 2. The SMILES string of the molecule is COC(=O)Cc1cccc(COc2cc3c(cc2OC)C(=O)N2CCCC[C@H]2[C@H](OC2CCCCO2)N3C(=O)O)c1. The van der Waals surface area contributed by atoms with Gasteiger partial charge in [0.2, 0.25) is 0 Å². The molecule has 2 aromatic rings. The fourth-order valence-corrected chi connectivity index (χ4v) is 5.73. The highest BCUT2D eigenvalue weighted by molar-refractivity contribution is 6.05. The van der Waals surface area contributed by atoms with E-state index in [0.717, 1.165) is 41.7 Å². The zero-order chi connectivity index (χ0) is 28.9. The summed E-state index contributed by atoms with van der Waals surface area (Å²) < 4.78 is 28.6. The van der Waals surface area contributed by atoms with E-state index in [-0.39, 0.29) is 41.9 Å². The number of fused-ring (bicyclic) bond motifs is 2. The number of rotatable bonds is 8. The van der Waals surface area contributed by atoms with Crippen LogP contribution in [0.15, 0.2) is 36.4 Å². The van der Waals surface area contributed by atoms with E-state index in [1.54, 1.807) is 11.0 Å². The maximum Gasteiger partial charge on any atom is 0.414 e. The first-order chi connectivity index (χ1) is 19.9. The molecule has 2 aromatic carbocycles. The van der Waals surface area contributed by atoms with Crippen molar-refractivity contribution in [2.75, 3.05) is 32.3 Å². The van der Waals surface area contributed by atoms with E-state index in [4.69, 9.17) is 23.7 Å². The van der Waals surface area contributed by atoms with Gasteiger partial charge in [-0.1, -0.05) is 24.3 Å². The summed E-state index contributed by atoms with van der Waals surface area (Å²) in [6.45, 7) is 1.17. The lowest BCUT2D eigenvalue weighted by atomic mass is 10.00. The number of nitrogens with zero attached hydrogens (tertiary/aromatic N) is 2. The maximum atomic E-state index is 13.9. The van der Waals surface area contributed by atoms with Crippen molar-refractivity contribution in [1.82, 2.24) is 4.90 Å². The van der Waals surface area contributed by atoms with Crippen LogP contribution in [0.4, 0.5) is 10.5 Å². The van der Waals surface area contributed by atoms with E-state index in [1.807, 2.05) is 24.3 Å². The fourth-order valence-electron chi connectivity index (χ4n) is 5.73. The number of methoxy groups -OCH3 is 2. The molecule has 3 heterocycles. The molecule has 3 aliphatic heterocycles. The Kier molecular flexibility index (Phi) is 8.94. The first-order valence-corrected chi connectivity index (χ1v) is 14.0. The highest BCUT2D eigenvalue weighted by Gasteiger charge is 2.46. The summed E-state index contributed by atoms with van der Waals surface area (Å²) in [6, 6.07) is 9.96. The minimum absolute atomic E-state index is 0.121. The predicted molar refractivity (Wildman–Crippen MR) is 147 cm³/mol. The summed E-state index contributed by atoms with van der Waals surface area (Å²) in [6.07, 6.45) is 2.19. The van der Waals surface area contributed by atoms with Crippen LogP contribution in [-0.4, -0.2) is 73.9 Å². The molecule has 1 N–H and O–H groups in total. The normalized spacial score (nSPS) is 22.3. The topological polar surface area (TPSA) is 124 Å². The van der Waals surface area contributed by atoms with Crippen molar-refractivity contribution in [1.29, 1.82) is 0 Å². The Bertz CT molecular complexity index is 1280. The number of ether oxygens (including phenoxy) is 5. The lowest BCUT2D eigenvalue weighted by molar-refractivity contribution is -0.198. The monoisotopic (exact) mass is 568 g/mol. The number of carbonyl (C=O) groups excluding carboxylic acids is 2. The molecular weight excluding hydrogens is 532 g/mol. The number of carboxylic acid groups (broad SMARTS) is 1. The third kappa shape index (κ3) is 6.25. The average Bonchev–Trinajstić information content (AvgIpc) is 3.08. The molecule has 0 aliphatic carbocycles. The Labute approximate surface area is 238 Å². The number of hydrogen-bond acceptors (Lipinski definition) is 8. The van der Waals surface area contributed by atoms with E-state index in [2.05, 4.69) is 0 Å². The first-order valence-electron chi connectivity index (χ1n) is 14.0. The van der Waals surface area contributed by atoms with Crippen molar-refractivity contribution in [3.8, 4) is 11.5 Å². The Morgan fingerprint density at radius 3 is 2.56 bits per heavy atom. The summed E-state index contributed by atoms with van der Waals surface area (Å²) in [5.41, 5.74) is 1.95. The number of esters is 1. The fraction of sp³-hybridized carbons (Fsp3) is 0.500. The van der Waals surface area contributed by atoms with E-state index >= 15 is 0 Å². The van der Waals surface area contributed by atoms with Crippen LogP contribution in [0.25, 0.3) is 0 Å². The third-order valence-electron chi connectivity index (χ3n) is 7.76. The average molecular weight is 569 g/mol. The lowest BCUT2D eigenvalue weighted by Crippen LogP contribution is -2.57. The molecule has 3 aliphatic rings. The smallest absolute Gasteiger partial charge is 0.414 e. The van der Waals surface area contributed by atoms with E-state index < -0.39 is 24.7 Å². The molecule has 0 spiro atoms. The Morgan fingerprint density at radius 2 is 1.83 bits per heavy atom. The van der Waals surface area contributed by atoms with Crippen LogP contribution in [0, 0.1) is 0 Å². The van der Waals surface area contributed by atoms with Crippen molar-refractivity contribution >= 4 is 23.7 Å². The summed E-state index contributed by atoms with van der Waals surface area (Å²) in [5.74, 6) is -0.0412. The van der Waals surface area contributed by atoms with Gasteiger partial charge in [0, 0.05) is 19.2 Å². The maximum absolute atomic E-state index is 13.9. The van der Waals surface area contributed by atoms with E-state index in [0.29, 0.717) is 31.7 Å². The standard InChI is InChI=1S/C30H36N2O9/c1-37-24-16-21-23(17-25(24)40-18-20-9-7-8-19(14-20)15-26(33)38-2)32(30(35)36)29(41-27-11-4-6-13-39-27)22-10-3-5-12-31(22)28(21)34/h7-9,14,16-17,22,27,29H,3-6,10-13,15,18H2,1-2H3,(H,35,36)/t22-,27?,29-/m0/s1. The molecule has 11 nitrogen and oxygen atoms in total. The molecule has 3 atom stereocenters. The zero-order valence-corrected chi connectivity index (χ0v) is 23.4. The molecule has 0 saturated carbocycles. The molecular formula is C30H36N2O9. The summed E-state index contributed by atoms with van der Waals surface area (Å²) in [7, 11) is 2.81. The highest BCUT2D eigenvalue weighted by atomic mass is 16.7. The molecule has 220 valence electrons. The Balaban J connectivity index is 1.50. The Hall–Kier alpha value is -3.83. The summed E-state index contributed by atoms with van der Waals surface area (Å²) >= 11 is 0. The van der Waals surface area contributed by atoms with Gasteiger partial charge in [0.1, 0.15) is 6.61 Å². The minimum Gasteiger partial charge on any atom is -0.493 e. The van der Waals surface area contributed by atoms with Crippen molar-refractivity contribution in [2.45, 2.75) is 70.1 Å². The van der Waals surface area contributed by atoms with Crippen molar-refractivity contribution in [2.24, 2.45) is 0 Å². The molecule has 0 radical (unpaired) electrons. The number of benzene rings is 2. The van der Waals surface area contributed by atoms with Gasteiger partial charge in [-0.15, -0.1) is 0 Å². The second-order valence-electron chi connectivity index (χ2n) is 10.4. The number of piperidine rings is 1. The molecule has 2 fully saturated rings. The quantitative estimate of drug-likeness (QED) is 0.463. The van der Waals surface area contributed by atoms with Gasteiger partial charge in [-0.25, -0.2) is 9.69 Å². The zero-order valence-electron chi connectivity index (χ0n) is 23.4. The van der Waals surface area contributed by atoms with Gasteiger partial charge in [0.05, 0.1) is 37.9 Å². The molecule has 2 saturated heterocycles. The van der Waals surface area contributed by atoms with Crippen LogP contribution in [0.3, 0.4) is 0 Å². The number of anilines is 1. The first kappa shape index (κ1) is 28.7. The van der Waals surface area contributed by atoms with Crippen molar-refractivity contribution < 1.29 is 43.2 Å². The van der Waals surface area contributed by atoms with Crippen LogP contribution in [0.1, 0.15) is 60.0 Å². The summed E-state index contributed by atoms with van der Waals surface area (Å²) in [5, 5.41) is 10.5. The van der Waals surface area contributed by atoms with Crippen LogP contribution in [-0.2, 0) is 32.0 Å². The van der Waals surface area contributed by atoms with Gasteiger partial charge >= 0.3 is 12.1 Å². The third-order valence-corrected chi connectivity index (χ3v) is 7.76. The number of hydrogen-bond donors (Lipinski definition) is 1. The van der Waals surface area contributed by atoms with Crippen LogP contribution in [0.2, 0.25) is 0 Å². The second-order valence-corrected chi connectivity index (χ2v) is 10.4. The van der Waals surface area contributed by atoms with Crippen molar-refractivity contribution in [3.05, 3.63) is 53.1 Å². The van der Waals surface area contributed by atoms with Gasteiger partial charge in [0.15, 0.2) is 24.0 Å². The molecule has 11 heteroatoms. The largest absolute Gasteiger partial charge is 0.493 e. The Morgan fingerprint density at radius 1 is 1.02 bits per heavy atom. The molecule has 5 rings (SSSR count). The van der Waals surface area contributed by atoms with E-state index in [1.165, 1.54) is 20.3 Å². The molecule has 2 amide bonds. The molecule has 1 unspecified atom stereocenters. The van der Waals surface area contributed by atoms with Crippen LogP contribution >= 0.6 is 0 Å². The van der Waals surface area contributed by atoms with Gasteiger partial charge in [-0.2, -0.15) is 0 Å². The molecule has 0 aromatic heterocycles. The summed E-state index contributed by atoms with van der Waals surface area (Å²) in [4.78, 5) is 41.3. The lowest BCUT2D eigenvalue weighted by Gasteiger charge is -2.42. The van der Waals surface area contributed by atoms with Gasteiger partial charge in [0.25, 0.3) is 5.91 Å². The second kappa shape index (κ2) is 12.8. The van der Waals surface area contributed by atoms with Gasteiger partial charge < -0.3 is 33.7 Å². The predicted octanol–water partition coefficient (Wildman–Crippen LogP) is 4.35. The molecule has 41 heavy (non-hydrogen) atoms. The highest BCUT2D eigenvalue weighted by Crippen LogP contribution is 2.42. The minimum atomic E-state index is -1.24. The molecule has 0 bridgehead atoms.